The van der Waals surface area contributed by atoms with E-state index in [0.717, 1.165) is 0 Å². The van der Waals surface area contributed by atoms with E-state index in [1.807, 2.05) is 6.07 Å². The van der Waals surface area contributed by atoms with E-state index >= 15 is 0 Å². The van der Waals surface area contributed by atoms with Gasteiger partial charge in [-0.05, 0) is 74.4 Å². The van der Waals surface area contributed by atoms with Gasteiger partial charge in [-0.25, -0.2) is 13.1 Å². The number of hydrogen-bond acceptors (Lipinski definition) is 5. The van der Waals surface area contributed by atoms with Crippen molar-refractivity contribution in [3.05, 3.63) is 114 Å². The Morgan fingerprint density at radius 1 is 0.949 bits per heavy atom. The molecule has 4 rings (SSSR count). The molecule has 0 atom stereocenters. The summed E-state index contributed by atoms with van der Waals surface area (Å²) < 4.78 is 28.8. The lowest BCUT2D eigenvalue weighted by Gasteiger charge is -2.21. The van der Waals surface area contributed by atoms with E-state index in [1.54, 1.807) is 118 Å². The van der Waals surface area contributed by atoms with Crippen LogP contribution >= 0.6 is 0 Å². The maximum Gasteiger partial charge on any atom is 0.256 e. The Balaban J connectivity index is 1.63. The molecule has 1 amide bonds. The van der Waals surface area contributed by atoms with Crippen LogP contribution in [-0.4, -0.2) is 24.8 Å². The molecule has 8 heteroatoms. The van der Waals surface area contributed by atoms with Crippen molar-refractivity contribution >= 4 is 33.3 Å². The van der Waals surface area contributed by atoms with Crippen molar-refractivity contribution in [2.75, 3.05) is 5.32 Å². The maximum atomic E-state index is 13.4. The second-order valence-electron chi connectivity index (χ2n) is 9.92. The van der Waals surface area contributed by atoms with Gasteiger partial charge in [-0.1, -0.05) is 48.5 Å². The molecule has 0 saturated carbocycles. The maximum absolute atomic E-state index is 13.4. The molecule has 39 heavy (non-hydrogen) atoms. The van der Waals surface area contributed by atoms with Gasteiger partial charge in [0.2, 0.25) is 10.0 Å². The first kappa shape index (κ1) is 27.5. The Bertz CT molecular complexity index is 1670. The van der Waals surface area contributed by atoms with Crippen LogP contribution in [0.1, 0.15) is 37.5 Å². The molecule has 0 fully saturated rings. The van der Waals surface area contributed by atoms with Gasteiger partial charge in [0.25, 0.3) is 5.91 Å². The summed E-state index contributed by atoms with van der Waals surface area (Å²) in [5, 5.41) is 12.1. The van der Waals surface area contributed by atoms with E-state index in [2.05, 4.69) is 21.1 Å². The van der Waals surface area contributed by atoms with Gasteiger partial charge in [-0.2, -0.15) is 5.26 Å². The Morgan fingerprint density at radius 2 is 1.69 bits per heavy atom. The Hall–Kier alpha value is -4.58. The number of rotatable bonds is 7. The molecule has 0 aliphatic carbocycles. The van der Waals surface area contributed by atoms with E-state index in [-0.39, 0.29) is 10.8 Å². The topological polar surface area (TPSA) is 112 Å². The molecule has 7 nitrogen and oxygen atoms in total. The molecule has 3 aromatic carbocycles. The molecular formula is C31H28N4O3S. The number of anilines is 1. The molecule has 196 valence electrons. The van der Waals surface area contributed by atoms with Gasteiger partial charge in [-0.3, -0.25) is 9.78 Å². The molecular weight excluding hydrogens is 508 g/mol. The number of nitrogens with zero attached hydrogens (tertiary/aromatic N) is 2. The van der Waals surface area contributed by atoms with E-state index in [9.17, 15) is 18.5 Å². The molecule has 0 spiro atoms. The molecule has 1 aromatic heterocycles. The predicted octanol–water partition coefficient (Wildman–Crippen LogP) is 5.88. The number of benzene rings is 3. The third-order valence-corrected chi connectivity index (χ3v) is 7.43. The van der Waals surface area contributed by atoms with Crippen LogP contribution < -0.4 is 10.0 Å². The number of nitriles is 1. The highest BCUT2D eigenvalue weighted by molar-refractivity contribution is 7.89. The molecule has 0 aliphatic rings. The number of hydrogen-bond donors (Lipinski definition) is 2. The third kappa shape index (κ3) is 7.05. The summed E-state index contributed by atoms with van der Waals surface area (Å²) in [5.74, 6) is -0.351. The summed E-state index contributed by atoms with van der Waals surface area (Å²) in [6, 6.07) is 26.4. The van der Waals surface area contributed by atoms with Crippen LogP contribution in [0.2, 0.25) is 0 Å². The van der Waals surface area contributed by atoms with Crippen molar-refractivity contribution in [2.24, 2.45) is 0 Å². The Labute approximate surface area is 228 Å². The van der Waals surface area contributed by atoms with Crippen LogP contribution in [0.5, 0.6) is 0 Å². The lowest BCUT2D eigenvalue weighted by Crippen LogP contribution is -2.40. The number of carbonyl (C=O) groups is 1. The summed E-state index contributed by atoms with van der Waals surface area (Å²) >= 11 is 0. The summed E-state index contributed by atoms with van der Waals surface area (Å²) in [6.45, 7) is 5.37. The molecule has 0 bridgehead atoms. The minimum Gasteiger partial charge on any atom is -0.322 e. The Morgan fingerprint density at radius 3 is 2.36 bits per heavy atom. The van der Waals surface area contributed by atoms with Gasteiger partial charge in [0, 0.05) is 40.3 Å². The molecule has 0 unspecified atom stereocenters. The number of amides is 1. The highest BCUT2D eigenvalue weighted by atomic mass is 32.2. The minimum absolute atomic E-state index is 0.179. The van der Waals surface area contributed by atoms with Crippen LogP contribution in [0.4, 0.5) is 5.69 Å². The predicted molar refractivity (Wildman–Crippen MR) is 154 cm³/mol. The van der Waals surface area contributed by atoms with Crippen molar-refractivity contribution in [1.29, 1.82) is 5.26 Å². The normalized spacial score (nSPS) is 12.0. The van der Waals surface area contributed by atoms with Crippen LogP contribution in [0.25, 0.3) is 22.8 Å². The summed E-state index contributed by atoms with van der Waals surface area (Å²) in [5.41, 5.74) is 3.36. The number of pyridine rings is 1. The molecule has 0 saturated heterocycles. The third-order valence-electron chi connectivity index (χ3n) is 5.61. The molecule has 2 N–H and O–H groups in total. The Kier molecular flexibility index (Phi) is 8.05. The smallest absolute Gasteiger partial charge is 0.256 e. The van der Waals surface area contributed by atoms with Crippen LogP contribution in [0, 0.1) is 11.3 Å². The highest BCUT2D eigenvalue weighted by Gasteiger charge is 2.24. The monoisotopic (exact) mass is 536 g/mol. The van der Waals surface area contributed by atoms with Gasteiger partial charge in [0.05, 0.1) is 16.5 Å². The largest absolute Gasteiger partial charge is 0.322 e. The fourth-order valence-corrected chi connectivity index (χ4v) is 5.65. The van der Waals surface area contributed by atoms with Crippen molar-refractivity contribution in [3.63, 3.8) is 0 Å². The molecule has 1 heterocycles. The number of sulfonamides is 1. The van der Waals surface area contributed by atoms with E-state index in [4.69, 9.17) is 0 Å². The van der Waals surface area contributed by atoms with Gasteiger partial charge in [0.15, 0.2) is 0 Å². The summed E-state index contributed by atoms with van der Waals surface area (Å²) in [6.07, 6.45) is 4.94. The lowest BCUT2D eigenvalue weighted by atomic mass is 10.0. The van der Waals surface area contributed by atoms with Crippen molar-refractivity contribution in [2.45, 2.75) is 31.2 Å². The average Bonchev–Trinajstić information content (AvgIpc) is 2.91. The first-order valence-corrected chi connectivity index (χ1v) is 13.7. The molecule has 0 aliphatic heterocycles. The van der Waals surface area contributed by atoms with Gasteiger partial charge in [-0.15, -0.1) is 0 Å². The first-order chi connectivity index (χ1) is 18.6. The minimum atomic E-state index is -3.76. The second-order valence-corrected chi connectivity index (χ2v) is 11.6. The van der Waals surface area contributed by atoms with Crippen molar-refractivity contribution < 1.29 is 13.2 Å². The van der Waals surface area contributed by atoms with Crippen molar-refractivity contribution in [3.8, 4) is 17.2 Å². The van der Waals surface area contributed by atoms with Crippen LogP contribution in [0.15, 0.2) is 102 Å². The fourth-order valence-electron chi connectivity index (χ4n) is 4.00. The lowest BCUT2D eigenvalue weighted by molar-refractivity contribution is -0.111. The zero-order valence-electron chi connectivity index (χ0n) is 21.8. The van der Waals surface area contributed by atoms with Gasteiger partial charge >= 0.3 is 0 Å². The van der Waals surface area contributed by atoms with E-state index in [1.165, 1.54) is 0 Å². The highest BCUT2D eigenvalue weighted by Crippen LogP contribution is 2.29. The molecule has 0 radical (unpaired) electrons. The number of carbonyl (C=O) groups excluding carboxylic acids is 1. The first-order valence-electron chi connectivity index (χ1n) is 12.2. The SMILES string of the molecule is CC(C)(C)NS(=O)(=O)c1ccccc1-c1ccc(NC(=O)C(=Cc2cccc(C#N)c2)c2cccnc2)cc1. The van der Waals surface area contributed by atoms with Crippen LogP contribution in [-0.2, 0) is 14.8 Å². The molecule has 4 aromatic rings. The zero-order chi connectivity index (χ0) is 28.0. The van der Waals surface area contributed by atoms with E-state index < -0.39 is 15.6 Å². The van der Waals surface area contributed by atoms with Crippen LogP contribution in [0.3, 0.4) is 0 Å². The summed E-state index contributed by atoms with van der Waals surface area (Å²) in [4.78, 5) is 17.7. The second kappa shape index (κ2) is 11.4. The van der Waals surface area contributed by atoms with Crippen molar-refractivity contribution in [1.82, 2.24) is 9.71 Å². The fraction of sp³-hybridized carbons (Fsp3) is 0.129. The zero-order valence-corrected chi connectivity index (χ0v) is 22.7. The number of aromatic nitrogens is 1. The number of nitrogens with one attached hydrogen (secondary N) is 2. The van der Waals surface area contributed by atoms with Gasteiger partial charge < -0.3 is 5.32 Å². The van der Waals surface area contributed by atoms with E-state index in [0.29, 0.717) is 39.1 Å². The summed E-state index contributed by atoms with van der Waals surface area (Å²) in [7, 11) is -3.76. The standard InChI is InChI=1S/C31H28N4O3S/c1-31(2,3)35-39(37,38)29-12-5-4-11-27(29)24-13-15-26(16-14-24)34-30(36)28(25-10-7-17-33-21-25)19-22-8-6-9-23(18-22)20-32/h4-19,21,35H,1-3H3,(H,34,36). The van der Waals surface area contributed by atoms with Gasteiger partial charge in [0.1, 0.15) is 0 Å². The average molecular weight is 537 g/mol. The quantitative estimate of drug-likeness (QED) is 0.287.